The minimum atomic E-state index is -0.229. The molecule has 2 heteroatoms. The molecular formula is C36H31OP. The first-order valence-corrected chi connectivity index (χ1v) is 15.1. The van der Waals surface area contributed by atoms with Crippen molar-refractivity contribution in [2.24, 2.45) is 0 Å². The fraction of sp³-hybridized carbons (Fsp3) is 0.167. The van der Waals surface area contributed by atoms with Gasteiger partial charge in [-0.1, -0.05) is 125 Å². The lowest BCUT2D eigenvalue weighted by molar-refractivity contribution is 0.308. The summed E-state index contributed by atoms with van der Waals surface area (Å²) in [6.45, 7) is 5.41. The van der Waals surface area contributed by atoms with Crippen LogP contribution >= 0.6 is 7.92 Å². The van der Waals surface area contributed by atoms with E-state index in [0.717, 1.165) is 17.1 Å². The maximum absolute atomic E-state index is 6.73. The number of hydrogen-bond donors (Lipinski definition) is 0. The average Bonchev–Trinajstić information content (AvgIpc) is 2.95. The van der Waals surface area contributed by atoms with Crippen LogP contribution in [-0.4, -0.2) is 11.3 Å². The predicted octanol–water partition coefficient (Wildman–Crippen LogP) is 9.68. The van der Waals surface area contributed by atoms with Gasteiger partial charge in [0.15, 0.2) is 0 Å². The number of fused-ring (bicyclic) bond motifs is 3. The van der Waals surface area contributed by atoms with Gasteiger partial charge in [-0.05, 0) is 73.1 Å². The van der Waals surface area contributed by atoms with Crippen LogP contribution in [0.25, 0.3) is 43.4 Å². The summed E-state index contributed by atoms with van der Waals surface area (Å²) in [7, 11) is -0.229. The van der Waals surface area contributed by atoms with Crippen LogP contribution in [0.15, 0.2) is 115 Å². The number of benzene rings is 6. The largest absolute Gasteiger partial charge is 0.488 e. The quantitative estimate of drug-likeness (QED) is 0.210. The fourth-order valence-electron chi connectivity index (χ4n) is 6.35. The van der Waals surface area contributed by atoms with Crippen LogP contribution in [0.3, 0.4) is 0 Å². The number of rotatable bonds is 5. The van der Waals surface area contributed by atoms with Gasteiger partial charge in [0, 0.05) is 11.1 Å². The molecule has 186 valence electrons. The molecule has 2 atom stereocenters. The van der Waals surface area contributed by atoms with Crippen LogP contribution in [0.5, 0.6) is 5.75 Å². The van der Waals surface area contributed by atoms with Crippen molar-refractivity contribution in [3.8, 4) is 16.9 Å². The third-order valence-electron chi connectivity index (χ3n) is 8.17. The zero-order chi connectivity index (χ0) is 25.6. The van der Waals surface area contributed by atoms with Crippen molar-refractivity contribution >= 4 is 45.5 Å². The molecule has 0 radical (unpaired) electrons. The molecule has 6 aromatic rings. The first-order chi connectivity index (χ1) is 18.7. The SMILES string of the molecule is CC1CC(C)P1c1ccc2ccccc2c1-c1c(OCc2ccc3ccccc3c2)ccc2ccccc12. The lowest BCUT2D eigenvalue weighted by Gasteiger charge is -2.43. The Morgan fingerprint density at radius 2 is 1.18 bits per heavy atom. The van der Waals surface area contributed by atoms with Gasteiger partial charge in [-0.3, -0.25) is 0 Å². The van der Waals surface area contributed by atoms with E-state index in [2.05, 4.69) is 129 Å². The summed E-state index contributed by atoms with van der Waals surface area (Å²) < 4.78 is 6.73. The topological polar surface area (TPSA) is 9.23 Å². The molecule has 38 heavy (non-hydrogen) atoms. The Balaban J connectivity index is 1.42. The summed E-state index contributed by atoms with van der Waals surface area (Å²) in [5.74, 6) is 0.963. The molecule has 1 aliphatic heterocycles. The van der Waals surface area contributed by atoms with Crippen molar-refractivity contribution in [2.75, 3.05) is 0 Å². The maximum Gasteiger partial charge on any atom is 0.128 e. The molecular weight excluding hydrogens is 479 g/mol. The molecule has 0 N–H and O–H groups in total. The summed E-state index contributed by atoms with van der Waals surface area (Å²) in [5, 5.41) is 9.16. The van der Waals surface area contributed by atoms with Crippen LogP contribution in [0, 0.1) is 0 Å². The molecule has 0 bridgehead atoms. The fourth-order valence-corrected chi connectivity index (χ4v) is 9.60. The molecule has 0 saturated carbocycles. The lowest BCUT2D eigenvalue weighted by Crippen LogP contribution is -2.32. The first-order valence-electron chi connectivity index (χ1n) is 13.6. The van der Waals surface area contributed by atoms with E-state index in [1.807, 2.05) is 0 Å². The number of hydrogen-bond acceptors (Lipinski definition) is 1. The van der Waals surface area contributed by atoms with Crippen molar-refractivity contribution in [1.82, 2.24) is 0 Å². The zero-order valence-electron chi connectivity index (χ0n) is 21.9. The molecule has 6 aromatic carbocycles. The van der Waals surface area contributed by atoms with Crippen LogP contribution in [-0.2, 0) is 6.61 Å². The van der Waals surface area contributed by atoms with Crippen LogP contribution in [0.2, 0.25) is 0 Å². The lowest BCUT2D eigenvalue weighted by atomic mass is 9.93. The van der Waals surface area contributed by atoms with Crippen molar-refractivity contribution in [2.45, 2.75) is 38.2 Å². The highest BCUT2D eigenvalue weighted by Gasteiger charge is 2.37. The van der Waals surface area contributed by atoms with Gasteiger partial charge in [0.25, 0.3) is 0 Å². The second kappa shape index (κ2) is 9.57. The van der Waals surface area contributed by atoms with Crippen LogP contribution in [0.1, 0.15) is 25.8 Å². The second-order valence-electron chi connectivity index (χ2n) is 10.7. The molecule has 1 aliphatic rings. The second-order valence-corrected chi connectivity index (χ2v) is 13.7. The smallest absolute Gasteiger partial charge is 0.128 e. The van der Waals surface area contributed by atoms with E-state index >= 15 is 0 Å². The average molecular weight is 511 g/mol. The molecule has 7 rings (SSSR count). The summed E-state index contributed by atoms with van der Waals surface area (Å²) in [6.07, 6.45) is 1.32. The van der Waals surface area contributed by atoms with Crippen LogP contribution < -0.4 is 10.0 Å². The van der Waals surface area contributed by atoms with Crippen LogP contribution in [0.4, 0.5) is 0 Å². The Labute approximate surface area is 225 Å². The molecule has 1 saturated heterocycles. The Hall–Kier alpha value is -3.67. The highest BCUT2D eigenvalue weighted by Crippen LogP contribution is 2.60. The summed E-state index contributed by atoms with van der Waals surface area (Å²) >= 11 is 0. The Bertz CT molecular complexity index is 1800. The van der Waals surface area contributed by atoms with E-state index in [0.29, 0.717) is 6.61 Å². The monoisotopic (exact) mass is 510 g/mol. The summed E-state index contributed by atoms with van der Waals surface area (Å²) in [6, 6.07) is 41.9. The minimum Gasteiger partial charge on any atom is -0.488 e. The third kappa shape index (κ3) is 3.98. The van der Waals surface area contributed by atoms with E-state index in [4.69, 9.17) is 4.74 Å². The van der Waals surface area contributed by atoms with Gasteiger partial charge >= 0.3 is 0 Å². The molecule has 0 aliphatic carbocycles. The predicted molar refractivity (Wildman–Crippen MR) is 165 cm³/mol. The molecule has 2 unspecified atom stereocenters. The Kier molecular flexibility index (Phi) is 5.91. The van der Waals surface area contributed by atoms with E-state index < -0.39 is 0 Å². The summed E-state index contributed by atoms with van der Waals surface area (Å²) in [5.41, 5.74) is 5.29. The van der Waals surface area contributed by atoms with E-state index in [1.165, 1.54) is 60.7 Å². The Morgan fingerprint density at radius 3 is 1.89 bits per heavy atom. The molecule has 0 aromatic heterocycles. The highest BCUT2D eigenvalue weighted by atomic mass is 31.1. The Morgan fingerprint density at radius 1 is 0.605 bits per heavy atom. The van der Waals surface area contributed by atoms with E-state index in [9.17, 15) is 0 Å². The van der Waals surface area contributed by atoms with E-state index in [-0.39, 0.29) is 7.92 Å². The molecule has 1 heterocycles. The molecule has 0 amide bonds. The number of ether oxygens (including phenoxy) is 1. The van der Waals surface area contributed by atoms with Gasteiger partial charge in [0.05, 0.1) is 0 Å². The first kappa shape index (κ1) is 23.4. The minimum absolute atomic E-state index is 0.229. The van der Waals surface area contributed by atoms with E-state index in [1.54, 1.807) is 0 Å². The van der Waals surface area contributed by atoms with Crippen molar-refractivity contribution in [1.29, 1.82) is 0 Å². The van der Waals surface area contributed by atoms with Gasteiger partial charge < -0.3 is 4.74 Å². The van der Waals surface area contributed by atoms with Gasteiger partial charge in [-0.25, -0.2) is 0 Å². The molecule has 1 nitrogen and oxygen atoms in total. The van der Waals surface area contributed by atoms with Gasteiger partial charge in [-0.2, -0.15) is 0 Å². The van der Waals surface area contributed by atoms with Gasteiger partial charge in [0.1, 0.15) is 12.4 Å². The maximum atomic E-state index is 6.73. The van der Waals surface area contributed by atoms with Gasteiger partial charge in [0.2, 0.25) is 0 Å². The standard InChI is InChI=1S/C36H31OP/c1-24-21-25(2)38(24)34-20-18-29-11-6-8-14-32(29)36(34)35-31-13-7-5-10-28(31)17-19-33(35)37-23-26-15-16-27-9-3-4-12-30(27)22-26/h3-20,22,24-25H,21,23H2,1-2H3. The molecule has 1 fully saturated rings. The third-order valence-corrected chi connectivity index (χ3v) is 11.4. The van der Waals surface area contributed by atoms with Crippen molar-refractivity contribution in [3.63, 3.8) is 0 Å². The highest BCUT2D eigenvalue weighted by molar-refractivity contribution is 7.68. The molecule has 0 spiro atoms. The summed E-state index contributed by atoms with van der Waals surface area (Å²) in [4.78, 5) is 0. The van der Waals surface area contributed by atoms with Crippen molar-refractivity contribution < 1.29 is 4.74 Å². The van der Waals surface area contributed by atoms with Crippen molar-refractivity contribution in [3.05, 3.63) is 121 Å². The van der Waals surface area contributed by atoms with Gasteiger partial charge in [-0.15, -0.1) is 0 Å². The normalized spacial score (nSPS) is 19.1. The zero-order valence-corrected chi connectivity index (χ0v) is 22.8.